The van der Waals surface area contributed by atoms with Gasteiger partial charge in [0.1, 0.15) is 11.6 Å². The summed E-state index contributed by atoms with van der Waals surface area (Å²) < 4.78 is 18.9. The van der Waals surface area contributed by atoms with Crippen LogP contribution in [0, 0.1) is 5.82 Å². The van der Waals surface area contributed by atoms with Crippen molar-refractivity contribution < 1.29 is 9.13 Å². The van der Waals surface area contributed by atoms with Crippen molar-refractivity contribution in [2.75, 3.05) is 13.7 Å². The van der Waals surface area contributed by atoms with Gasteiger partial charge in [-0.1, -0.05) is 19.1 Å². The van der Waals surface area contributed by atoms with E-state index in [0.717, 1.165) is 19.4 Å². The molecule has 0 fully saturated rings. The Morgan fingerprint density at radius 1 is 1.53 bits per heavy atom. The van der Waals surface area contributed by atoms with Crippen LogP contribution in [0.5, 0.6) is 5.75 Å². The average Bonchev–Trinajstić information content (AvgIpc) is 2.34. The summed E-state index contributed by atoms with van der Waals surface area (Å²) in [6, 6.07) is 5.03. The van der Waals surface area contributed by atoms with Crippen LogP contribution in [0.25, 0.3) is 0 Å². The predicted molar refractivity (Wildman–Crippen MR) is 68.8 cm³/mol. The molecule has 0 aliphatic carbocycles. The van der Waals surface area contributed by atoms with Crippen molar-refractivity contribution in [2.45, 2.75) is 25.8 Å². The summed E-state index contributed by atoms with van der Waals surface area (Å²) in [7, 11) is 1.54. The van der Waals surface area contributed by atoms with Gasteiger partial charge in [0.05, 0.1) is 7.11 Å². The molecule has 1 N–H and O–H groups in total. The number of nitrogens with one attached hydrogen (secondary N) is 1. The van der Waals surface area contributed by atoms with Gasteiger partial charge in [0, 0.05) is 17.7 Å². The predicted octanol–water partition coefficient (Wildman–Crippen LogP) is 3.45. The quantitative estimate of drug-likeness (QED) is 0.733. The first-order chi connectivity index (χ1) is 8.22. The summed E-state index contributed by atoms with van der Waals surface area (Å²) in [5.74, 6) is 0.324. The van der Waals surface area contributed by atoms with Gasteiger partial charge in [0.2, 0.25) is 0 Å². The molecule has 0 saturated heterocycles. The van der Waals surface area contributed by atoms with Crippen molar-refractivity contribution in [2.24, 2.45) is 0 Å². The van der Waals surface area contributed by atoms with Gasteiger partial charge in [-0.25, -0.2) is 4.39 Å². The van der Waals surface area contributed by atoms with E-state index in [0.29, 0.717) is 11.3 Å². The lowest BCUT2D eigenvalue weighted by Crippen LogP contribution is -2.21. The third kappa shape index (κ3) is 3.86. The van der Waals surface area contributed by atoms with Crippen LogP contribution in [-0.4, -0.2) is 13.7 Å². The fourth-order valence-corrected chi connectivity index (χ4v) is 1.82. The van der Waals surface area contributed by atoms with E-state index in [1.54, 1.807) is 12.1 Å². The van der Waals surface area contributed by atoms with Crippen molar-refractivity contribution in [3.63, 3.8) is 0 Å². The first-order valence-electron chi connectivity index (χ1n) is 5.90. The SMILES string of the molecule is C=CCCC(NCC)c1ccc(OC)cc1F. The Morgan fingerprint density at radius 2 is 2.29 bits per heavy atom. The maximum absolute atomic E-state index is 13.9. The number of halogens is 1. The molecule has 0 spiro atoms. The van der Waals surface area contributed by atoms with Crippen LogP contribution in [-0.2, 0) is 0 Å². The summed E-state index contributed by atoms with van der Waals surface area (Å²) in [6.45, 7) is 6.52. The van der Waals surface area contributed by atoms with Gasteiger partial charge in [-0.2, -0.15) is 0 Å². The zero-order valence-electron chi connectivity index (χ0n) is 10.5. The molecule has 1 unspecified atom stereocenters. The molecule has 1 aromatic rings. The summed E-state index contributed by atoms with van der Waals surface area (Å²) in [4.78, 5) is 0. The molecular weight excluding hydrogens is 217 g/mol. The van der Waals surface area contributed by atoms with Gasteiger partial charge in [-0.05, 0) is 25.5 Å². The number of benzene rings is 1. The van der Waals surface area contributed by atoms with Gasteiger partial charge < -0.3 is 10.1 Å². The van der Waals surface area contributed by atoms with E-state index in [4.69, 9.17) is 4.74 Å². The monoisotopic (exact) mass is 237 g/mol. The van der Waals surface area contributed by atoms with Crippen LogP contribution in [0.4, 0.5) is 4.39 Å². The lowest BCUT2D eigenvalue weighted by molar-refractivity contribution is 0.408. The fourth-order valence-electron chi connectivity index (χ4n) is 1.82. The molecule has 1 rings (SSSR count). The molecule has 17 heavy (non-hydrogen) atoms. The topological polar surface area (TPSA) is 21.3 Å². The maximum atomic E-state index is 13.9. The van der Waals surface area contributed by atoms with E-state index in [2.05, 4.69) is 11.9 Å². The standard InChI is InChI=1S/C14H20FNO/c1-4-6-7-14(16-5-2)12-9-8-11(17-3)10-13(12)15/h4,8-10,14,16H,1,5-7H2,2-3H3. The Morgan fingerprint density at radius 3 is 2.82 bits per heavy atom. The molecule has 0 aliphatic rings. The number of rotatable bonds is 7. The van der Waals surface area contributed by atoms with Gasteiger partial charge in [-0.15, -0.1) is 6.58 Å². The lowest BCUT2D eigenvalue weighted by atomic mass is 10.0. The highest BCUT2D eigenvalue weighted by Crippen LogP contribution is 2.25. The average molecular weight is 237 g/mol. The van der Waals surface area contributed by atoms with Crippen LogP contribution in [0.3, 0.4) is 0 Å². The molecular formula is C14H20FNO. The molecule has 0 heterocycles. The van der Waals surface area contributed by atoms with Gasteiger partial charge in [-0.3, -0.25) is 0 Å². The molecule has 0 aliphatic heterocycles. The van der Waals surface area contributed by atoms with E-state index in [1.165, 1.54) is 13.2 Å². The highest BCUT2D eigenvalue weighted by Gasteiger charge is 2.14. The molecule has 0 saturated carbocycles. The van der Waals surface area contributed by atoms with E-state index in [9.17, 15) is 4.39 Å². The highest BCUT2D eigenvalue weighted by atomic mass is 19.1. The first kappa shape index (κ1) is 13.7. The van der Waals surface area contributed by atoms with E-state index in [-0.39, 0.29) is 11.9 Å². The second kappa shape index (κ2) is 7.07. The lowest BCUT2D eigenvalue weighted by Gasteiger charge is -2.18. The third-order valence-electron chi connectivity index (χ3n) is 2.69. The normalized spacial score (nSPS) is 12.2. The summed E-state index contributed by atoms with van der Waals surface area (Å²) >= 11 is 0. The van der Waals surface area contributed by atoms with Crippen molar-refractivity contribution in [1.29, 1.82) is 0 Å². The van der Waals surface area contributed by atoms with Gasteiger partial charge in [0.15, 0.2) is 0 Å². The van der Waals surface area contributed by atoms with Crippen LogP contribution in [0.1, 0.15) is 31.4 Å². The Labute approximate surface area is 102 Å². The molecule has 2 nitrogen and oxygen atoms in total. The molecule has 1 aromatic carbocycles. The minimum atomic E-state index is -0.223. The van der Waals surface area contributed by atoms with Crippen molar-refractivity contribution >= 4 is 0 Å². The Kier molecular flexibility index (Phi) is 5.70. The van der Waals surface area contributed by atoms with Crippen molar-refractivity contribution in [3.05, 3.63) is 42.2 Å². The maximum Gasteiger partial charge on any atom is 0.131 e. The zero-order chi connectivity index (χ0) is 12.7. The molecule has 1 atom stereocenters. The van der Waals surface area contributed by atoms with Crippen LogP contribution >= 0.6 is 0 Å². The summed E-state index contributed by atoms with van der Waals surface area (Å²) in [6.07, 6.45) is 3.56. The minimum absolute atomic E-state index is 0.0314. The molecule has 3 heteroatoms. The number of hydrogen-bond donors (Lipinski definition) is 1. The van der Waals surface area contributed by atoms with Crippen LogP contribution in [0.15, 0.2) is 30.9 Å². The van der Waals surface area contributed by atoms with Crippen LogP contribution in [0.2, 0.25) is 0 Å². The Balaban J connectivity index is 2.88. The van der Waals surface area contributed by atoms with Gasteiger partial charge >= 0.3 is 0 Å². The molecule has 0 radical (unpaired) electrons. The minimum Gasteiger partial charge on any atom is -0.497 e. The van der Waals surface area contributed by atoms with Crippen molar-refractivity contribution in [1.82, 2.24) is 5.32 Å². The second-order valence-corrected chi connectivity index (χ2v) is 3.86. The number of allylic oxidation sites excluding steroid dienone is 1. The fraction of sp³-hybridized carbons (Fsp3) is 0.429. The number of methoxy groups -OCH3 is 1. The third-order valence-corrected chi connectivity index (χ3v) is 2.69. The molecule has 94 valence electrons. The Hall–Kier alpha value is -1.35. The molecule has 0 bridgehead atoms. The van der Waals surface area contributed by atoms with E-state index in [1.807, 2.05) is 13.0 Å². The van der Waals surface area contributed by atoms with E-state index >= 15 is 0 Å². The van der Waals surface area contributed by atoms with Gasteiger partial charge in [0.25, 0.3) is 0 Å². The highest BCUT2D eigenvalue weighted by molar-refractivity contribution is 5.30. The molecule has 0 aromatic heterocycles. The first-order valence-corrected chi connectivity index (χ1v) is 5.90. The number of hydrogen-bond acceptors (Lipinski definition) is 2. The zero-order valence-corrected chi connectivity index (χ0v) is 10.5. The summed E-state index contributed by atoms with van der Waals surface area (Å²) in [5, 5.41) is 3.28. The largest absolute Gasteiger partial charge is 0.497 e. The summed E-state index contributed by atoms with van der Waals surface area (Å²) in [5.41, 5.74) is 0.689. The number of ether oxygens (including phenoxy) is 1. The molecule has 0 amide bonds. The smallest absolute Gasteiger partial charge is 0.131 e. The van der Waals surface area contributed by atoms with Crippen LogP contribution < -0.4 is 10.1 Å². The van der Waals surface area contributed by atoms with Crippen molar-refractivity contribution in [3.8, 4) is 5.75 Å². The second-order valence-electron chi connectivity index (χ2n) is 3.86. The Bertz CT molecular complexity index is 365. The van der Waals surface area contributed by atoms with E-state index < -0.39 is 0 Å².